The maximum absolute atomic E-state index is 5.94. The molecule has 0 atom stereocenters. The minimum Gasteiger partial charge on any atom is -0.493 e. The van der Waals surface area contributed by atoms with Crippen LogP contribution in [0.5, 0.6) is 5.75 Å². The summed E-state index contributed by atoms with van der Waals surface area (Å²) in [6.07, 6.45) is 4.95. The smallest absolute Gasteiger partial charge is 0.127 e. The number of ether oxygens (including phenoxy) is 1. The van der Waals surface area contributed by atoms with Crippen molar-refractivity contribution in [2.75, 3.05) is 6.61 Å². The van der Waals surface area contributed by atoms with Crippen molar-refractivity contribution < 1.29 is 4.74 Å². The molecule has 0 unspecified atom stereocenters. The van der Waals surface area contributed by atoms with Crippen LogP contribution in [0.1, 0.15) is 32.6 Å². The average molecular weight is 254 g/mol. The molecule has 0 aliphatic heterocycles. The quantitative estimate of drug-likeness (QED) is 0.608. The van der Waals surface area contributed by atoms with Crippen molar-refractivity contribution in [3.8, 4) is 16.9 Å². The van der Waals surface area contributed by atoms with Crippen LogP contribution in [-0.2, 0) is 0 Å². The Bertz CT molecular complexity index is 476. The Morgan fingerprint density at radius 2 is 1.53 bits per heavy atom. The molecule has 0 heterocycles. The third-order valence-corrected chi connectivity index (χ3v) is 3.23. The molecule has 0 aliphatic carbocycles. The normalized spacial score (nSPS) is 10.4. The van der Waals surface area contributed by atoms with Gasteiger partial charge in [0.05, 0.1) is 6.61 Å². The van der Waals surface area contributed by atoms with Crippen LogP contribution in [0.2, 0.25) is 0 Å². The van der Waals surface area contributed by atoms with Crippen molar-refractivity contribution >= 4 is 0 Å². The van der Waals surface area contributed by atoms with Crippen LogP contribution >= 0.6 is 0 Å². The lowest BCUT2D eigenvalue weighted by Gasteiger charge is -2.11. The van der Waals surface area contributed by atoms with Crippen LogP contribution in [0.25, 0.3) is 11.1 Å². The summed E-state index contributed by atoms with van der Waals surface area (Å²) in [5.74, 6) is 0.991. The van der Waals surface area contributed by atoms with E-state index in [1.54, 1.807) is 0 Å². The predicted molar refractivity (Wildman–Crippen MR) is 81.5 cm³/mol. The van der Waals surface area contributed by atoms with Crippen LogP contribution in [-0.4, -0.2) is 6.61 Å². The van der Waals surface area contributed by atoms with Crippen molar-refractivity contribution in [1.82, 2.24) is 0 Å². The topological polar surface area (TPSA) is 9.23 Å². The second-order valence-electron chi connectivity index (χ2n) is 4.77. The molecule has 2 rings (SSSR count). The molecule has 2 aromatic rings. The van der Waals surface area contributed by atoms with Crippen molar-refractivity contribution in [1.29, 1.82) is 0 Å². The molecule has 0 saturated carbocycles. The summed E-state index contributed by atoms with van der Waals surface area (Å²) in [6.45, 7) is 3.04. The fourth-order valence-electron chi connectivity index (χ4n) is 2.16. The molecule has 1 nitrogen and oxygen atoms in total. The van der Waals surface area contributed by atoms with Gasteiger partial charge in [0.2, 0.25) is 0 Å². The van der Waals surface area contributed by atoms with Crippen LogP contribution in [0, 0.1) is 0 Å². The van der Waals surface area contributed by atoms with E-state index in [-0.39, 0.29) is 0 Å². The van der Waals surface area contributed by atoms with Crippen molar-refractivity contribution in [3.05, 3.63) is 54.6 Å². The highest BCUT2D eigenvalue weighted by Gasteiger charge is 2.04. The summed E-state index contributed by atoms with van der Waals surface area (Å²) in [7, 11) is 0. The lowest BCUT2D eigenvalue weighted by atomic mass is 10.1. The standard InChI is InChI=1S/C18H22O/c1-2-3-4-10-15-19-18-14-9-8-13-17(18)16-11-6-5-7-12-16/h5-9,11-14H,2-4,10,15H2,1H3. The number of hydrogen-bond donors (Lipinski definition) is 0. The van der Waals surface area contributed by atoms with E-state index in [2.05, 4.69) is 49.4 Å². The zero-order valence-electron chi connectivity index (χ0n) is 11.6. The molecule has 0 radical (unpaired) electrons. The van der Waals surface area contributed by atoms with E-state index in [4.69, 9.17) is 4.74 Å². The second kappa shape index (κ2) is 7.63. The fourth-order valence-corrected chi connectivity index (χ4v) is 2.16. The monoisotopic (exact) mass is 254 g/mol. The second-order valence-corrected chi connectivity index (χ2v) is 4.77. The van der Waals surface area contributed by atoms with Crippen LogP contribution in [0.3, 0.4) is 0 Å². The predicted octanol–water partition coefficient (Wildman–Crippen LogP) is 5.31. The van der Waals surface area contributed by atoms with E-state index in [9.17, 15) is 0 Å². The van der Waals surface area contributed by atoms with Gasteiger partial charge in [0.25, 0.3) is 0 Å². The van der Waals surface area contributed by atoms with Gasteiger partial charge in [0.1, 0.15) is 5.75 Å². The van der Waals surface area contributed by atoms with E-state index in [0.29, 0.717) is 0 Å². The van der Waals surface area contributed by atoms with Crippen molar-refractivity contribution in [3.63, 3.8) is 0 Å². The van der Waals surface area contributed by atoms with E-state index in [0.717, 1.165) is 18.8 Å². The van der Waals surface area contributed by atoms with Crippen LogP contribution < -0.4 is 4.74 Å². The molecule has 1 heteroatoms. The van der Waals surface area contributed by atoms with Crippen LogP contribution in [0.15, 0.2) is 54.6 Å². The molecule has 0 bridgehead atoms. The Morgan fingerprint density at radius 1 is 0.789 bits per heavy atom. The molecule has 0 N–H and O–H groups in total. The first-order valence-corrected chi connectivity index (χ1v) is 7.19. The Kier molecular flexibility index (Phi) is 5.49. The molecule has 0 amide bonds. The molecule has 0 fully saturated rings. The zero-order valence-corrected chi connectivity index (χ0v) is 11.6. The van der Waals surface area contributed by atoms with Gasteiger partial charge < -0.3 is 4.74 Å². The van der Waals surface area contributed by atoms with Crippen molar-refractivity contribution in [2.24, 2.45) is 0 Å². The van der Waals surface area contributed by atoms with Gasteiger partial charge in [-0.25, -0.2) is 0 Å². The molecule has 100 valence electrons. The number of rotatable bonds is 7. The molecule has 0 saturated heterocycles. The zero-order chi connectivity index (χ0) is 13.3. The summed E-state index contributed by atoms with van der Waals surface area (Å²) in [4.78, 5) is 0. The van der Waals surface area contributed by atoms with Gasteiger partial charge in [0, 0.05) is 5.56 Å². The Labute approximate surface area is 116 Å². The largest absolute Gasteiger partial charge is 0.493 e. The molecule has 0 spiro atoms. The average Bonchev–Trinajstić information content (AvgIpc) is 2.48. The molecular formula is C18H22O. The van der Waals surface area contributed by atoms with E-state index >= 15 is 0 Å². The number of benzene rings is 2. The maximum atomic E-state index is 5.94. The van der Waals surface area contributed by atoms with E-state index < -0.39 is 0 Å². The number of para-hydroxylation sites is 1. The SMILES string of the molecule is CCCCCCOc1ccccc1-c1ccccc1. The number of hydrogen-bond acceptors (Lipinski definition) is 1. The van der Waals surface area contributed by atoms with E-state index in [1.807, 2.05) is 12.1 Å². The highest BCUT2D eigenvalue weighted by atomic mass is 16.5. The summed E-state index contributed by atoms with van der Waals surface area (Å²) in [5.41, 5.74) is 2.39. The van der Waals surface area contributed by atoms with E-state index in [1.165, 1.54) is 30.4 Å². The fraction of sp³-hybridized carbons (Fsp3) is 0.333. The number of unbranched alkanes of at least 4 members (excludes halogenated alkanes) is 3. The molecule has 0 aromatic heterocycles. The highest BCUT2D eigenvalue weighted by molar-refractivity contribution is 5.70. The van der Waals surface area contributed by atoms with Gasteiger partial charge in [0.15, 0.2) is 0 Å². The van der Waals surface area contributed by atoms with Gasteiger partial charge in [-0.05, 0) is 18.1 Å². The molecule has 19 heavy (non-hydrogen) atoms. The van der Waals surface area contributed by atoms with Gasteiger partial charge in [-0.1, -0.05) is 74.7 Å². The summed E-state index contributed by atoms with van der Waals surface area (Å²) < 4.78 is 5.94. The molecule has 0 aliphatic rings. The first kappa shape index (κ1) is 13.7. The Hall–Kier alpha value is -1.76. The Morgan fingerprint density at radius 3 is 2.32 bits per heavy atom. The molecular weight excluding hydrogens is 232 g/mol. The van der Waals surface area contributed by atoms with Crippen LogP contribution in [0.4, 0.5) is 0 Å². The van der Waals surface area contributed by atoms with Gasteiger partial charge in [-0.15, -0.1) is 0 Å². The minimum absolute atomic E-state index is 0.809. The summed E-state index contributed by atoms with van der Waals surface area (Å²) >= 11 is 0. The first-order chi connectivity index (χ1) is 9.42. The lowest BCUT2D eigenvalue weighted by molar-refractivity contribution is 0.306. The first-order valence-electron chi connectivity index (χ1n) is 7.19. The van der Waals surface area contributed by atoms with Gasteiger partial charge in [-0.3, -0.25) is 0 Å². The summed E-state index contributed by atoms with van der Waals surface area (Å²) in [5, 5.41) is 0. The minimum atomic E-state index is 0.809. The van der Waals surface area contributed by atoms with Gasteiger partial charge >= 0.3 is 0 Å². The highest BCUT2D eigenvalue weighted by Crippen LogP contribution is 2.29. The third kappa shape index (κ3) is 4.13. The maximum Gasteiger partial charge on any atom is 0.127 e. The summed E-state index contributed by atoms with van der Waals surface area (Å²) in [6, 6.07) is 18.7. The third-order valence-electron chi connectivity index (χ3n) is 3.23. The van der Waals surface area contributed by atoms with Gasteiger partial charge in [-0.2, -0.15) is 0 Å². The lowest BCUT2D eigenvalue weighted by Crippen LogP contribution is -1.98. The molecule has 2 aromatic carbocycles. The van der Waals surface area contributed by atoms with Crippen molar-refractivity contribution in [2.45, 2.75) is 32.6 Å². The Balaban J connectivity index is 2.01.